The minimum absolute atomic E-state index is 0.0281. The predicted octanol–water partition coefficient (Wildman–Crippen LogP) is 4.24. The molecule has 1 fully saturated rings. The van der Waals surface area contributed by atoms with Crippen LogP contribution in [0.3, 0.4) is 0 Å². The number of benzene rings is 2. The van der Waals surface area contributed by atoms with Gasteiger partial charge in [0.2, 0.25) is 10.0 Å². The molecule has 1 aliphatic rings. The Morgan fingerprint density at radius 2 is 1.86 bits per heavy atom. The first-order valence-electron chi connectivity index (χ1n) is 9.08. The van der Waals surface area contributed by atoms with Crippen molar-refractivity contribution in [3.63, 3.8) is 0 Å². The lowest BCUT2D eigenvalue weighted by Crippen LogP contribution is -2.33. The molecule has 0 spiro atoms. The van der Waals surface area contributed by atoms with E-state index in [1.54, 1.807) is 18.2 Å². The number of anilines is 1. The zero-order valence-corrected chi connectivity index (χ0v) is 18.2. The second-order valence-electron chi connectivity index (χ2n) is 6.89. The minimum atomic E-state index is -3.79. The van der Waals surface area contributed by atoms with Crippen molar-refractivity contribution >= 4 is 37.5 Å². The number of rotatable bonds is 6. The van der Waals surface area contributed by atoms with Gasteiger partial charge in [-0.2, -0.15) is 0 Å². The van der Waals surface area contributed by atoms with Crippen LogP contribution in [0.25, 0.3) is 0 Å². The van der Waals surface area contributed by atoms with Crippen LogP contribution in [0, 0.1) is 6.92 Å². The lowest BCUT2D eigenvalue weighted by atomic mass is 10.2. The lowest BCUT2D eigenvalue weighted by molar-refractivity contribution is 0.102. The van der Waals surface area contributed by atoms with E-state index in [4.69, 9.17) is 4.74 Å². The summed E-state index contributed by atoms with van der Waals surface area (Å²) in [7, 11) is -2.38. The normalized spacial score (nSPS) is 14.8. The molecule has 8 heteroatoms. The Morgan fingerprint density at radius 1 is 1.14 bits per heavy atom. The first kappa shape index (κ1) is 20.8. The summed E-state index contributed by atoms with van der Waals surface area (Å²) in [5, 5.41) is 2.79. The lowest BCUT2D eigenvalue weighted by Gasteiger charge is -2.16. The van der Waals surface area contributed by atoms with Crippen LogP contribution in [-0.4, -0.2) is 27.5 Å². The molecular formula is C20H23BrN2O4S. The summed E-state index contributed by atoms with van der Waals surface area (Å²) < 4.78 is 34.5. The third kappa shape index (κ3) is 4.74. The first-order valence-corrected chi connectivity index (χ1v) is 11.4. The molecule has 1 aliphatic carbocycles. The number of halogens is 1. The molecule has 3 rings (SSSR count). The Morgan fingerprint density at radius 3 is 2.50 bits per heavy atom. The van der Waals surface area contributed by atoms with Gasteiger partial charge >= 0.3 is 0 Å². The quantitative estimate of drug-likeness (QED) is 0.666. The Hall–Kier alpha value is -1.90. The number of aryl methyl sites for hydroxylation is 1. The fraction of sp³-hybridized carbons (Fsp3) is 0.350. The number of carbonyl (C=O) groups is 1. The fourth-order valence-electron chi connectivity index (χ4n) is 3.23. The average molecular weight is 467 g/mol. The molecule has 150 valence electrons. The van der Waals surface area contributed by atoms with Crippen LogP contribution in [-0.2, 0) is 10.0 Å². The van der Waals surface area contributed by atoms with Crippen molar-refractivity contribution < 1.29 is 17.9 Å². The van der Waals surface area contributed by atoms with Crippen molar-refractivity contribution in [2.24, 2.45) is 0 Å². The minimum Gasteiger partial charge on any atom is -0.495 e. The van der Waals surface area contributed by atoms with Crippen molar-refractivity contribution in [2.45, 2.75) is 43.5 Å². The van der Waals surface area contributed by atoms with Crippen LogP contribution in [0.4, 0.5) is 5.69 Å². The van der Waals surface area contributed by atoms with Crippen molar-refractivity contribution in [1.29, 1.82) is 0 Å². The van der Waals surface area contributed by atoms with Gasteiger partial charge in [-0.3, -0.25) is 4.79 Å². The molecule has 1 saturated carbocycles. The Labute approximate surface area is 173 Å². The molecule has 0 bridgehead atoms. The van der Waals surface area contributed by atoms with Crippen LogP contribution < -0.4 is 14.8 Å². The smallest absolute Gasteiger partial charge is 0.255 e. The van der Waals surface area contributed by atoms with Gasteiger partial charge < -0.3 is 10.1 Å². The van der Waals surface area contributed by atoms with E-state index in [1.165, 1.54) is 19.2 Å². The summed E-state index contributed by atoms with van der Waals surface area (Å²) in [4.78, 5) is 12.6. The number of amides is 1. The fourth-order valence-corrected chi connectivity index (χ4v) is 5.11. The Kier molecular flexibility index (Phi) is 6.42. The Bertz CT molecular complexity index is 986. The van der Waals surface area contributed by atoms with E-state index in [2.05, 4.69) is 26.0 Å². The topological polar surface area (TPSA) is 84.5 Å². The second-order valence-corrected chi connectivity index (χ2v) is 9.42. The van der Waals surface area contributed by atoms with Gasteiger partial charge in [-0.25, -0.2) is 13.1 Å². The van der Waals surface area contributed by atoms with E-state index >= 15 is 0 Å². The van der Waals surface area contributed by atoms with Crippen LogP contribution in [0.2, 0.25) is 0 Å². The number of hydrogen-bond acceptors (Lipinski definition) is 4. The van der Waals surface area contributed by atoms with Crippen molar-refractivity contribution in [3.8, 4) is 5.75 Å². The molecule has 0 aromatic heterocycles. The number of hydrogen-bond donors (Lipinski definition) is 2. The molecular weight excluding hydrogens is 444 g/mol. The number of carbonyl (C=O) groups excluding carboxylic acids is 1. The SMILES string of the molecule is COc1ccc(C(=O)Nc2ccc(C)c(Br)c2)cc1S(=O)(=O)NC1CCCC1. The number of nitrogens with one attached hydrogen (secondary N) is 2. The Balaban J connectivity index is 1.86. The van der Waals surface area contributed by atoms with Gasteiger partial charge in [0.1, 0.15) is 10.6 Å². The largest absolute Gasteiger partial charge is 0.495 e. The molecule has 0 heterocycles. The van der Waals surface area contributed by atoms with Gasteiger partial charge in [-0.15, -0.1) is 0 Å². The highest BCUT2D eigenvalue weighted by Gasteiger charge is 2.26. The molecule has 0 radical (unpaired) electrons. The number of ether oxygens (including phenoxy) is 1. The average Bonchev–Trinajstić information content (AvgIpc) is 3.16. The van der Waals surface area contributed by atoms with Gasteiger partial charge in [0.25, 0.3) is 5.91 Å². The molecule has 0 aliphatic heterocycles. The van der Waals surface area contributed by atoms with E-state index in [0.717, 1.165) is 35.7 Å². The molecule has 6 nitrogen and oxygen atoms in total. The summed E-state index contributed by atoms with van der Waals surface area (Å²) in [5.41, 5.74) is 1.91. The summed E-state index contributed by atoms with van der Waals surface area (Å²) in [6.45, 7) is 1.95. The van der Waals surface area contributed by atoms with E-state index < -0.39 is 15.9 Å². The van der Waals surface area contributed by atoms with Gasteiger partial charge in [0.05, 0.1) is 7.11 Å². The molecule has 2 aromatic rings. The molecule has 2 aromatic carbocycles. The van der Waals surface area contributed by atoms with Gasteiger partial charge in [0, 0.05) is 21.8 Å². The van der Waals surface area contributed by atoms with Crippen LogP contribution in [0.1, 0.15) is 41.6 Å². The maximum atomic E-state index is 12.9. The molecule has 0 atom stereocenters. The van der Waals surface area contributed by atoms with E-state index in [0.29, 0.717) is 5.69 Å². The summed E-state index contributed by atoms with van der Waals surface area (Å²) >= 11 is 3.43. The van der Waals surface area contributed by atoms with Crippen LogP contribution in [0.5, 0.6) is 5.75 Å². The second kappa shape index (κ2) is 8.63. The maximum Gasteiger partial charge on any atom is 0.255 e. The molecule has 28 heavy (non-hydrogen) atoms. The molecule has 1 amide bonds. The number of sulfonamides is 1. The van der Waals surface area contributed by atoms with Crippen molar-refractivity contribution in [3.05, 3.63) is 52.0 Å². The number of methoxy groups -OCH3 is 1. The van der Waals surface area contributed by atoms with Gasteiger partial charge in [0.15, 0.2) is 0 Å². The maximum absolute atomic E-state index is 12.9. The first-order chi connectivity index (χ1) is 13.3. The van der Waals surface area contributed by atoms with Gasteiger partial charge in [-0.1, -0.05) is 34.8 Å². The summed E-state index contributed by atoms with van der Waals surface area (Å²) in [5.74, 6) is -0.184. The molecule has 0 saturated heterocycles. The third-order valence-corrected chi connectivity index (χ3v) is 7.22. The highest BCUT2D eigenvalue weighted by atomic mass is 79.9. The zero-order chi connectivity index (χ0) is 20.3. The van der Waals surface area contributed by atoms with E-state index in [-0.39, 0.29) is 22.3 Å². The highest BCUT2D eigenvalue weighted by Crippen LogP contribution is 2.28. The standard InChI is InChI=1S/C20H23BrN2O4S/c1-13-7-9-16(12-17(13)21)22-20(24)14-8-10-18(27-2)19(11-14)28(25,26)23-15-5-3-4-6-15/h7-12,15,23H,3-6H2,1-2H3,(H,22,24). The van der Waals surface area contributed by atoms with Crippen molar-refractivity contribution in [2.75, 3.05) is 12.4 Å². The predicted molar refractivity (Wildman–Crippen MR) is 112 cm³/mol. The molecule has 0 unspecified atom stereocenters. The van der Waals surface area contributed by atoms with Crippen LogP contribution in [0.15, 0.2) is 45.8 Å². The summed E-state index contributed by atoms with van der Waals surface area (Å²) in [6.07, 6.45) is 3.67. The monoisotopic (exact) mass is 466 g/mol. The van der Waals surface area contributed by atoms with Gasteiger partial charge in [-0.05, 0) is 55.7 Å². The van der Waals surface area contributed by atoms with E-state index in [9.17, 15) is 13.2 Å². The van der Waals surface area contributed by atoms with E-state index in [1.807, 2.05) is 13.0 Å². The van der Waals surface area contributed by atoms with Crippen molar-refractivity contribution in [1.82, 2.24) is 4.72 Å². The zero-order valence-electron chi connectivity index (χ0n) is 15.8. The highest BCUT2D eigenvalue weighted by molar-refractivity contribution is 9.10. The summed E-state index contributed by atoms with van der Waals surface area (Å²) in [6, 6.07) is 9.81. The van der Waals surface area contributed by atoms with Crippen LogP contribution >= 0.6 is 15.9 Å². The molecule has 2 N–H and O–H groups in total. The third-order valence-electron chi connectivity index (χ3n) is 4.82.